The molecule has 0 spiro atoms. The van der Waals surface area contributed by atoms with Crippen LogP contribution in [0.1, 0.15) is 27.7 Å². The SMILES string of the molecule is C[C@@H](C(=O)NC(=O)NC(C)(C)C)[NH+]1CCOCC1. The number of carbonyl (C=O) groups is 2. The highest BCUT2D eigenvalue weighted by molar-refractivity contribution is 5.96. The van der Waals surface area contributed by atoms with Crippen molar-refractivity contribution in [2.45, 2.75) is 39.3 Å². The van der Waals surface area contributed by atoms with Crippen molar-refractivity contribution in [3.63, 3.8) is 0 Å². The fraction of sp³-hybridized carbons (Fsp3) is 0.833. The van der Waals surface area contributed by atoms with E-state index < -0.39 is 6.03 Å². The maximum absolute atomic E-state index is 11.9. The number of rotatable bonds is 2. The molecule has 6 nitrogen and oxygen atoms in total. The molecule has 0 aromatic carbocycles. The Kier molecular flexibility index (Phi) is 5.10. The minimum absolute atomic E-state index is 0.236. The summed E-state index contributed by atoms with van der Waals surface area (Å²) >= 11 is 0. The van der Waals surface area contributed by atoms with E-state index in [-0.39, 0.29) is 17.5 Å². The standard InChI is InChI=1S/C12H23N3O3/c1-9(15-5-7-18-8-6-15)10(16)13-11(17)14-12(2,3)4/h9H,5-8H2,1-4H3,(H2,13,14,16,17)/p+1/t9-/m0/s1. The maximum Gasteiger partial charge on any atom is 0.322 e. The van der Waals surface area contributed by atoms with E-state index in [1.165, 1.54) is 0 Å². The molecule has 3 N–H and O–H groups in total. The number of carbonyl (C=O) groups excluding carboxylic acids is 2. The first-order valence-corrected chi connectivity index (χ1v) is 6.35. The number of ether oxygens (including phenoxy) is 1. The summed E-state index contributed by atoms with van der Waals surface area (Å²) in [6.45, 7) is 10.4. The molecule has 6 heteroatoms. The molecule has 0 aromatic heterocycles. The zero-order valence-electron chi connectivity index (χ0n) is 11.6. The highest BCUT2D eigenvalue weighted by Gasteiger charge is 2.28. The van der Waals surface area contributed by atoms with Crippen molar-refractivity contribution in [1.29, 1.82) is 0 Å². The van der Waals surface area contributed by atoms with Gasteiger partial charge in [-0.2, -0.15) is 0 Å². The van der Waals surface area contributed by atoms with Gasteiger partial charge in [0.1, 0.15) is 13.1 Å². The first-order valence-electron chi connectivity index (χ1n) is 6.35. The van der Waals surface area contributed by atoms with Crippen LogP contribution < -0.4 is 15.5 Å². The van der Waals surface area contributed by atoms with Crippen LogP contribution in [-0.4, -0.2) is 49.8 Å². The van der Waals surface area contributed by atoms with Crippen molar-refractivity contribution in [1.82, 2.24) is 10.6 Å². The molecule has 1 rings (SSSR count). The number of morpholine rings is 1. The van der Waals surface area contributed by atoms with Crippen molar-refractivity contribution < 1.29 is 19.2 Å². The van der Waals surface area contributed by atoms with Crippen LogP contribution in [0.4, 0.5) is 4.79 Å². The summed E-state index contributed by atoms with van der Waals surface area (Å²) in [5, 5.41) is 5.09. The van der Waals surface area contributed by atoms with E-state index in [4.69, 9.17) is 4.74 Å². The summed E-state index contributed by atoms with van der Waals surface area (Å²) in [5.74, 6) is -0.242. The topological polar surface area (TPSA) is 71.9 Å². The van der Waals surface area contributed by atoms with E-state index in [0.29, 0.717) is 13.2 Å². The van der Waals surface area contributed by atoms with Gasteiger partial charge in [0, 0.05) is 5.54 Å². The number of urea groups is 1. The van der Waals surface area contributed by atoms with Crippen LogP contribution in [0.15, 0.2) is 0 Å². The molecule has 18 heavy (non-hydrogen) atoms. The maximum atomic E-state index is 11.9. The third kappa shape index (κ3) is 5.01. The fourth-order valence-electron chi connectivity index (χ4n) is 1.84. The molecule has 0 aliphatic carbocycles. The molecule has 1 heterocycles. The number of hydrogen-bond acceptors (Lipinski definition) is 3. The van der Waals surface area contributed by atoms with Gasteiger partial charge in [-0.15, -0.1) is 0 Å². The van der Waals surface area contributed by atoms with Crippen LogP contribution in [0.25, 0.3) is 0 Å². The van der Waals surface area contributed by atoms with Gasteiger partial charge in [-0.05, 0) is 27.7 Å². The van der Waals surface area contributed by atoms with E-state index in [2.05, 4.69) is 10.6 Å². The van der Waals surface area contributed by atoms with Crippen molar-refractivity contribution in [3.05, 3.63) is 0 Å². The van der Waals surface area contributed by atoms with Crippen LogP contribution >= 0.6 is 0 Å². The van der Waals surface area contributed by atoms with Gasteiger partial charge < -0.3 is 15.0 Å². The van der Waals surface area contributed by atoms with Crippen molar-refractivity contribution in [3.8, 4) is 0 Å². The average molecular weight is 258 g/mol. The Morgan fingerprint density at radius 1 is 1.22 bits per heavy atom. The van der Waals surface area contributed by atoms with Crippen LogP contribution in [0.3, 0.4) is 0 Å². The Morgan fingerprint density at radius 2 is 1.78 bits per heavy atom. The van der Waals surface area contributed by atoms with Crippen molar-refractivity contribution >= 4 is 11.9 Å². The molecule has 3 amide bonds. The monoisotopic (exact) mass is 258 g/mol. The van der Waals surface area contributed by atoms with Gasteiger partial charge in [0.2, 0.25) is 0 Å². The molecule has 0 radical (unpaired) electrons. The molecule has 0 bridgehead atoms. The molecular weight excluding hydrogens is 234 g/mol. The Balaban J connectivity index is 2.41. The summed E-state index contributed by atoms with van der Waals surface area (Å²) in [7, 11) is 0. The van der Waals surface area contributed by atoms with E-state index in [9.17, 15) is 9.59 Å². The zero-order chi connectivity index (χ0) is 13.8. The van der Waals surface area contributed by atoms with Gasteiger partial charge in [0.25, 0.3) is 5.91 Å². The van der Waals surface area contributed by atoms with E-state index >= 15 is 0 Å². The lowest BCUT2D eigenvalue weighted by atomic mass is 10.1. The minimum Gasteiger partial charge on any atom is -0.370 e. The predicted molar refractivity (Wildman–Crippen MR) is 67.4 cm³/mol. The first-order chi connectivity index (χ1) is 8.29. The van der Waals surface area contributed by atoms with Gasteiger partial charge in [-0.1, -0.05) is 0 Å². The molecule has 1 aliphatic rings. The molecule has 0 saturated carbocycles. The second-order valence-electron chi connectivity index (χ2n) is 5.69. The lowest BCUT2D eigenvalue weighted by Gasteiger charge is -2.28. The number of amides is 3. The third-order valence-electron chi connectivity index (χ3n) is 2.87. The summed E-state index contributed by atoms with van der Waals surface area (Å²) in [6, 6.07) is -0.674. The Bertz CT molecular complexity index is 306. The smallest absolute Gasteiger partial charge is 0.322 e. The Morgan fingerprint density at radius 3 is 2.28 bits per heavy atom. The Hall–Kier alpha value is -1.14. The number of hydrogen-bond donors (Lipinski definition) is 3. The minimum atomic E-state index is -0.438. The molecular formula is C12H24N3O3+. The quantitative estimate of drug-likeness (QED) is 0.590. The summed E-state index contributed by atoms with van der Waals surface area (Å²) < 4.78 is 5.24. The molecule has 104 valence electrons. The lowest BCUT2D eigenvalue weighted by Crippen LogP contribution is -3.18. The van der Waals surface area contributed by atoms with Crippen LogP contribution in [0.2, 0.25) is 0 Å². The van der Waals surface area contributed by atoms with Gasteiger partial charge in [0.15, 0.2) is 6.04 Å². The molecule has 1 fully saturated rings. The van der Waals surface area contributed by atoms with Crippen molar-refractivity contribution in [2.24, 2.45) is 0 Å². The number of imide groups is 1. The molecule has 1 atom stereocenters. The average Bonchev–Trinajstić information content (AvgIpc) is 2.26. The molecule has 0 aromatic rings. The summed E-state index contributed by atoms with van der Waals surface area (Å²) in [4.78, 5) is 24.6. The highest BCUT2D eigenvalue weighted by atomic mass is 16.5. The molecule has 1 saturated heterocycles. The normalized spacial score (nSPS) is 19.1. The zero-order valence-corrected chi connectivity index (χ0v) is 11.6. The van der Waals surface area contributed by atoms with E-state index in [0.717, 1.165) is 18.0 Å². The first kappa shape index (κ1) is 14.9. The van der Waals surface area contributed by atoms with E-state index in [1.54, 1.807) is 0 Å². The Labute approximate surface area is 108 Å². The third-order valence-corrected chi connectivity index (χ3v) is 2.87. The largest absolute Gasteiger partial charge is 0.370 e. The van der Waals surface area contributed by atoms with Gasteiger partial charge in [-0.25, -0.2) is 4.79 Å². The summed E-state index contributed by atoms with van der Waals surface area (Å²) in [5.41, 5.74) is -0.348. The molecule has 0 unspecified atom stereocenters. The van der Waals surface area contributed by atoms with Crippen LogP contribution in [-0.2, 0) is 9.53 Å². The fourth-order valence-corrected chi connectivity index (χ4v) is 1.84. The van der Waals surface area contributed by atoms with Crippen LogP contribution in [0.5, 0.6) is 0 Å². The number of quaternary nitrogens is 1. The number of nitrogens with one attached hydrogen (secondary N) is 3. The second kappa shape index (κ2) is 6.15. The highest BCUT2D eigenvalue weighted by Crippen LogP contribution is 1.97. The van der Waals surface area contributed by atoms with E-state index in [1.807, 2.05) is 27.7 Å². The lowest BCUT2D eigenvalue weighted by molar-refractivity contribution is -0.921. The molecule has 1 aliphatic heterocycles. The van der Waals surface area contributed by atoms with Gasteiger partial charge in [0.05, 0.1) is 13.2 Å². The van der Waals surface area contributed by atoms with Crippen LogP contribution in [0, 0.1) is 0 Å². The second-order valence-corrected chi connectivity index (χ2v) is 5.69. The predicted octanol–water partition coefficient (Wildman–Crippen LogP) is -1.09. The van der Waals surface area contributed by atoms with Gasteiger partial charge in [-0.3, -0.25) is 10.1 Å². The summed E-state index contributed by atoms with van der Waals surface area (Å²) in [6.07, 6.45) is 0. The van der Waals surface area contributed by atoms with Gasteiger partial charge >= 0.3 is 6.03 Å². The van der Waals surface area contributed by atoms with Crippen molar-refractivity contribution in [2.75, 3.05) is 26.3 Å².